The van der Waals surface area contributed by atoms with Crippen LogP contribution in [0.5, 0.6) is 0 Å². The van der Waals surface area contributed by atoms with Crippen LogP contribution in [0.4, 0.5) is 0 Å². The van der Waals surface area contributed by atoms with E-state index in [0.717, 1.165) is 25.5 Å². The molecule has 0 radical (unpaired) electrons. The highest BCUT2D eigenvalue weighted by Crippen LogP contribution is 2.30. The van der Waals surface area contributed by atoms with Crippen LogP contribution in [0.25, 0.3) is 0 Å². The van der Waals surface area contributed by atoms with Crippen LogP contribution in [0.1, 0.15) is 39.0 Å². The number of hydrogen-bond acceptors (Lipinski definition) is 4. The van der Waals surface area contributed by atoms with E-state index in [2.05, 4.69) is 5.32 Å². The number of carbonyl (C=O) groups excluding carboxylic acids is 1. The molecule has 2 rings (SSSR count). The summed E-state index contributed by atoms with van der Waals surface area (Å²) < 4.78 is 22.6. The summed E-state index contributed by atoms with van der Waals surface area (Å²) in [5, 5.41) is 3.55. The standard InChI is InChI=1S/C13H24N2O3S/c1-3-6-15(13(16)9-19(2,17)18)12-7-10-4-5-11(8-12)14-10/h10-12,14H,3-9H2,1-2H3. The molecule has 2 aliphatic rings. The third-order valence-corrected chi connectivity index (χ3v) is 4.83. The van der Waals surface area contributed by atoms with Crippen molar-refractivity contribution in [1.29, 1.82) is 0 Å². The fraction of sp³-hybridized carbons (Fsp3) is 0.923. The van der Waals surface area contributed by atoms with Crippen LogP contribution in [0.3, 0.4) is 0 Å². The van der Waals surface area contributed by atoms with Crippen molar-refractivity contribution < 1.29 is 13.2 Å². The van der Waals surface area contributed by atoms with E-state index in [1.165, 1.54) is 12.8 Å². The van der Waals surface area contributed by atoms with Gasteiger partial charge in [-0.25, -0.2) is 8.42 Å². The molecule has 19 heavy (non-hydrogen) atoms. The van der Waals surface area contributed by atoms with Crippen LogP contribution in [-0.4, -0.2) is 55.9 Å². The molecule has 2 aliphatic heterocycles. The number of carbonyl (C=O) groups is 1. The first-order valence-electron chi connectivity index (χ1n) is 7.12. The summed E-state index contributed by atoms with van der Waals surface area (Å²) >= 11 is 0. The molecule has 0 aromatic heterocycles. The molecule has 5 nitrogen and oxygen atoms in total. The molecule has 6 heteroatoms. The van der Waals surface area contributed by atoms with Gasteiger partial charge in [0, 0.05) is 30.9 Å². The molecule has 2 fully saturated rings. The summed E-state index contributed by atoms with van der Waals surface area (Å²) in [6.45, 7) is 2.69. The summed E-state index contributed by atoms with van der Waals surface area (Å²) in [7, 11) is -3.24. The van der Waals surface area contributed by atoms with E-state index in [1.807, 2.05) is 11.8 Å². The van der Waals surface area contributed by atoms with Gasteiger partial charge in [0.1, 0.15) is 5.75 Å². The Morgan fingerprint density at radius 3 is 2.32 bits per heavy atom. The molecule has 0 aliphatic carbocycles. The van der Waals surface area contributed by atoms with E-state index in [9.17, 15) is 13.2 Å². The van der Waals surface area contributed by atoms with Crippen molar-refractivity contribution in [3.63, 3.8) is 0 Å². The van der Waals surface area contributed by atoms with Gasteiger partial charge in [0.2, 0.25) is 5.91 Å². The van der Waals surface area contributed by atoms with Gasteiger partial charge in [-0.1, -0.05) is 6.92 Å². The summed E-state index contributed by atoms with van der Waals surface area (Å²) in [6, 6.07) is 1.23. The number of nitrogens with zero attached hydrogens (tertiary/aromatic N) is 1. The van der Waals surface area contributed by atoms with Gasteiger partial charge in [0.25, 0.3) is 0 Å². The monoisotopic (exact) mass is 288 g/mol. The first-order valence-corrected chi connectivity index (χ1v) is 9.18. The number of amides is 1. The summed E-state index contributed by atoms with van der Waals surface area (Å²) in [5.74, 6) is -0.581. The maximum atomic E-state index is 12.2. The minimum absolute atomic E-state index is 0.216. The Morgan fingerprint density at radius 1 is 1.26 bits per heavy atom. The minimum atomic E-state index is -3.24. The molecular weight excluding hydrogens is 264 g/mol. The third-order valence-electron chi connectivity index (χ3n) is 4.06. The normalized spacial score (nSPS) is 30.3. The average molecular weight is 288 g/mol. The Bertz CT molecular complexity index is 423. The Kier molecular flexibility index (Phi) is 4.50. The van der Waals surface area contributed by atoms with E-state index < -0.39 is 9.84 Å². The molecular formula is C13H24N2O3S. The van der Waals surface area contributed by atoms with Crippen LogP contribution in [0.15, 0.2) is 0 Å². The molecule has 2 heterocycles. The fourth-order valence-electron chi connectivity index (χ4n) is 3.34. The van der Waals surface area contributed by atoms with E-state index in [4.69, 9.17) is 0 Å². The second-order valence-corrected chi connectivity index (χ2v) is 8.06. The smallest absolute Gasteiger partial charge is 0.238 e. The van der Waals surface area contributed by atoms with Crippen molar-refractivity contribution in [3.8, 4) is 0 Å². The molecule has 0 saturated carbocycles. The van der Waals surface area contributed by atoms with E-state index in [0.29, 0.717) is 18.6 Å². The lowest BCUT2D eigenvalue weighted by Crippen LogP contribution is -2.51. The zero-order valence-corrected chi connectivity index (χ0v) is 12.6. The van der Waals surface area contributed by atoms with Crippen LogP contribution in [-0.2, 0) is 14.6 Å². The quantitative estimate of drug-likeness (QED) is 0.802. The zero-order valence-electron chi connectivity index (χ0n) is 11.8. The maximum absolute atomic E-state index is 12.2. The van der Waals surface area contributed by atoms with Gasteiger partial charge in [-0.15, -0.1) is 0 Å². The van der Waals surface area contributed by atoms with Crippen molar-refractivity contribution in [2.45, 2.75) is 57.2 Å². The number of rotatable bonds is 5. The number of piperidine rings is 1. The molecule has 2 saturated heterocycles. The fourth-order valence-corrected chi connectivity index (χ4v) is 3.96. The predicted octanol–water partition coefficient (Wildman–Crippen LogP) is 0.553. The Balaban J connectivity index is 2.05. The summed E-state index contributed by atoms with van der Waals surface area (Å²) in [6.07, 6.45) is 6.29. The van der Waals surface area contributed by atoms with Crippen molar-refractivity contribution in [3.05, 3.63) is 0 Å². The first-order chi connectivity index (χ1) is 8.89. The van der Waals surface area contributed by atoms with Gasteiger partial charge in [-0.05, 0) is 32.1 Å². The molecule has 1 amide bonds. The molecule has 0 aromatic carbocycles. The third kappa shape index (κ3) is 3.92. The maximum Gasteiger partial charge on any atom is 0.238 e. The number of fused-ring (bicyclic) bond motifs is 2. The Labute approximate surface area is 115 Å². The highest BCUT2D eigenvalue weighted by atomic mass is 32.2. The Hall–Kier alpha value is -0.620. The molecule has 2 atom stereocenters. The zero-order chi connectivity index (χ0) is 14.0. The van der Waals surface area contributed by atoms with Gasteiger partial charge >= 0.3 is 0 Å². The van der Waals surface area contributed by atoms with Gasteiger partial charge < -0.3 is 10.2 Å². The van der Waals surface area contributed by atoms with Gasteiger partial charge in [0.05, 0.1) is 0 Å². The largest absolute Gasteiger partial charge is 0.339 e. The number of sulfone groups is 1. The lowest BCUT2D eigenvalue weighted by molar-refractivity contribution is -0.131. The Morgan fingerprint density at radius 2 is 1.84 bits per heavy atom. The SMILES string of the molecule is CCCN(C(=O)CS(C)(=O)=O)C1CC2CCC(C1)N2. The number of nitrogens with one attached hydrogen (secondary N) is 1. The molecule has 0 aromatic rings. The highest BCUT2D eigenvalue weighted by Gasteiger charge is 2.37. The van der Waals surface area contributed by atoms with E-state index in [1.54, 1.807) is 0 Å². The predicted molar refractivity (Wildman–Crippen MR) is 74.7 cm³/mol. The molecule has 2 bridgehead atoms. The van der Waals surface area contributed by atoms with Crippen molar-refractivity contribution in [1.82, 2.24) is 10.2 Å². The topological polar surface area (TPSA) is 66.5 Å². The molecule has 1 N–H and O–H groups in total. The van der Waals surface area contributed by atoms with Crippen molar-refractivity contribution in [2.24, 2.45) is 0 Å². The minimum Gasteiger partial charge on any atom is -0.339 e. The second-order valence-electron chi connectivity index (χ2n) is 5.92. The van der Waals surface area contributed by atoms with Crippen LogP contribution in [0, 0.1) is 0 Å². The van der Waals surface area contributed by atoms with Gasteiger partial charge in [-0.2, -0.15) is 0 Å². The van der Waals surface area contributed by atoms with Crippen LogP contribution < -0.4 is 5.32 Å². The van der Waals surface area contributed by atoms with Gasteiger partial charge in [0.15, 0.2) is 9.84 Å². The van der Waals surface area contributed by atoms with Crippen molar-refractivity contribution >= 4 is 15.7 Å². The lowest BCUT2D eigenvalue weighted by atomic mass is 9.98. The highest BCUT2D eigenvalue weighted by molar-refractivity contribution is 7.91. The van der Waals surface area contributed by atoms with E-state index in [-0.39, 0.29) is 17.7 Å². The summed E-state index contributed by atoms with van der Waals surface area (Å²) in [4.78, 5) is 14.0. The second kappa shape index (κ2) is 5.79. The first kappa shape index (κ1) is 14.8. The van der Waals surface area contributed by atoms with E-state index >= 15 is 0 Å². The molecule has 0 spiro atoms. The molecule has 2 unspecified atom stereocenters. The molecule has 110 valence electrons. The van der Waals surface area contributed by atoms with Crippen LogP contribution >= 0.6 is 0 Å². The van der Waals surface area contributed by atoms with Crippen LogP contribution in [0.2, 0.25) is 0 Å². The van der Waals surface area contributed by atoms with Crippen molar-refractivity contribution in [2.75, 3.05) is 18.6 Å². The lowest BCUT2D eigenvalue weighted by Gasteiger charge is -2.37. The average Bonchev–Trinajstić information content (AvgIpc) is 2.63. The summed E-state index contributed by atoms with van der Waals surface area (Å²) in [5.41, 5.74) is 0. The van der Waals surface area contributed by atoms with Gasteiger partial charge in [-0.3, -0.25) is 4.79 Å². The number of hydrogen-bond donors (Lipinski definition) is 1.